The zero-order chi connectivity index (χ0) is 15.6. The van der Waals surface area contributed by atoms with Crippen molar-refractivity contribution in [3.05, 3.63) is 42.4 Å². The van der Waals surface area contributed by atoms with Gasteiger partial charge in [0, 0.05) is 18.5 Å². The Hall–Kier alpha value is -2.96. The molecule has 0 fully saturated rings. The molecule has 0 spiro atoms. The van der Waals surface area contributed by atoms with Crippen LogP contribution >= 0.6 is 0 Å². The molecule has 2 aromatic heterocycles. The van der Waals surface area contributed by atoms with Gasteiger partial charge in [0.15, 0.2) is 17.3 Å². The molecule has 118 valence electrons. The van der Waals surface area contributed by atoms with Crippen LogP contribution in [0.15, 0.2) is 36.7 Å². The second-order valence-corrected chi connectivity index (χ2v) is 5.18. The summed E-state index contributed by atoms with van der Waals surface area (Å²) in [6.45, 7) is 3.36. The minimum absolute atomic E-state index is 0.265. The average molecular weight is 312 g/mol. The molecule has 1 aliphatic rings. The van der Waals surface area contributed by atoms with Crippen LogP contribution in [0.5, 0.6) is 17.2 Å². The normalized spacial score (nSPS) is 12.6. The average Bonchev–Trinajstić information content (AvgIpc) is 3.16. The quantitative estimate of drug-likeness (QED) is 0.729. The van der Waals surface area contributed by atoms with Gasteiger partial charge in [-0.1, -0.05) is 0 Å². The summed E-state index contributed by atoms with van der Waals surface area (Å²) >= 11 is 0. The Morgan fingerprint density at radius 3 is 3.13 bits per heavy atom. The van der Waals surface area contributed by atoms with Crippen molar-refractivity contribution in [2.24, 2.45) is 0 Å². The van der Waals surface area contributed by atoms with E-state index in [1.807, 2.05) is 41.9 Å². The maximum absolute atomic E-state index is 5.72. The predicted octanol–water partition coefficient (Wildman–Crippen LogP) is 2.26. The number of hydrogen-bond donors (Lipinski definition) is 1. The number of aryl methyl sites for hydroxylation is 1. The fourth-order valence-corrected chi connectivity index (χ4v) is 2.49. The van der Waals surface area contributed by atoms with E-state index < -0.39 is 0 Å². The van der Waals surface area contributed by atoms with Gasteiger partial charge in [0.05, 0.1) is 12.2 Å². The summed E-state index contributed by atoms with van der Waals surface area (Å²) < 4.78 is 18.1. The van der Waals surface area contributed by atoms with E-state index in [2.05, 4.69) is 15.4 Å². The molecule has 0 aliphatic carbocycles. The number of ether oxygens (including phenoxy) is 3. The molecule has 3 aromatic rings. The minimum atomic E-state index is 0.265. The molecule has 4 rings (SSSR count). The summed E-state index contributed by atoms with van der Waals surface area (Å²) in [5, 5.41) is 7.63. The van der Waals surface area contributed by atoms with Crippen molar-refractivity contribution in [3.63, 3.8) is 0 Å². The first kappa shape index (κ1) is 13.7. The SMILES string of the molecule is Cc1cc2c(NCCOc3ccc4c(c3)OCO4)nccn2n1. The van der Waals surface area contributed by atoms with E-state index in [4.69, 9.17) is 14.2 Å². The number of nitrogens with one attached hydrogen (secondary N) is 1. The molecule has 1 N–H and O–H groups in total. The van der Waals surface area contributed by atoms with E-state index in [9.17, 15) is 0 Å². The lowest BCUT2D eigenvalue weighted by atomic mass is 10.3. The molecule has 7 nitrogen and oxygen atoms in total. The van der Waals surface area contributed by atoms with Crippen LogP contribution in [0.1, 0.15) is 5.69 Å². The third-order valence-corrected chi connectivity index (χ3v) is 3.52. The highest BCUT2D eigenvalue weighted by atomic mass is 16.7. The number of rotatable bonds is 5. The van der Waals surface area contributed by atoms with E-state index in [1.165, 1.54) is 0 Å². The summed E-state index contributed by atoms with van der Waals surface area (Å²) in [5.41, 5.74) is 1.91. The van der Waals surface area contributed by atoms with Crippen molar-refractivity contribution in [3.8, 4) is 17.2 Å². The van der Waals surface area contributed by atoms with Gasteiger partial charge < -0.3 is 19.5 Å². The van der Waals surface area contributed by atoms with Crippen LogP contribution in [-0.4, -0.2) is 34.5 Å². The highest BCUT2D eigenvalue weighted by Gasteiger charge is 2.13. The van der Waals surface area contributed by atoms with E-state index in [0.29, 0.717) is 13.2 Å². The smallest absolute Gasteiger partial charge is 0.231 e. The second kappa shape index (κ2) is 5.68. The number of fused-ring (bicyclic) bond motifs is 2. The first-order valence-corrected chi connectivity index (χ1v) is 7.37. The highest BCUT2D eigenvalue weighted by molar-refractivity contribution is 5.67. The number of hydrogen-bond acceptors (Lipinski definition) is 6. The van der Waals surface area contributed by atoms with Gasteiger partial charge in [-0.2, -0.15) is 5.10 Å². The lowest BCUT2D eigenvalue weighted by Gasteiger charge is -2.09. The first-order chi connectivity index (χ1) is 11.3. The van der Waals surface area contributed by atoms with Gasteiger partial charge in [-0.25, -0.2) is 9.50 Å². The third-order valence-electron chi connectivity index (χ3n) is 3.52. The molecule has 0 radical (unpaired) electrons. The van der Waals surface area contributed by atoms with Crippen molar-refractivity contribution in [2.75, 3.05) is 25.3 Å². The van der Waals surface area contributed by atoms with Crippen LogP contribution in [0.25, 0.3) is 5.52 Å². The number of benzene rings is 1. The number of nitrogens with zero attached hydrogens (tertiary/aromatic N) is 3. The topological polar surface area (TPSA) is 69.9 Å². The zero-order valence-electron chi connectivity index (χ0n) is 12.7. The van der Waals surface area contributed by atoms with Crippen molar-refractivity contribution in [2.45, 2.75) is 6.92 Å². The minimum Gasteiger partial charge on any atom is -0.492 e. The maximum Gasteiger partial charge on any atom is 0.231 e. The van der Waals surface area contributed by atoms with E-state index in [1.54, 1.807) is 6.20 Å². The molecule has 1 aromatic carbocycles. The van der Waals surface area contributed by atoms with Crippen LogP contribution in [0.4, 0.5) is 5.82 Å². The fourth-order valence-electron chi connectivity index (χ4n) is 2.49. The predicted molar refractivity (Wildman–Crippen MR) is 84.3 cm³/mol. The molecule has 0 unspecified atom stereocenters. The molecule has 0 bridgehead atoms. The van der Waals surface area contributed by atoms with Crippen LogP contribution in [0, 0.1) is 6.92 Å². The Morgan fingerprint density at radius 1 is 1.26 bits per heavy atom. The standard InChI is InChI=1S/C16H16N4O3/c1-11-8-13-16(17-4-6-20(13)19-11)18-5-7-21-12-2-3-14-15(9-12)23-10-22-14/h2-4,6,8-9H,5,7,10H2,1H3,(H,17,18). The molecule has 0 saturated heterocycles. The van der Waals surface area contributed by atoms with E-state index in [-0.39, 0.29) is 6.79 Å². The molecule has 7 heteroatoms. The lowest BCUT2D eigenvalue weighted by Crippen LogP contribution is -2.13. The van der Waals surface area contributed by atoms with E-state index in [0.717, 1.165) is 34.3 Å². The summed E-state index contributed by atoms with van der Waals surface area (Å²) in [4.78, 5) is 4.35. The summed E-state index contributed by atoms with van der Waals surface area (Å²) in [5.74, 6) is 3.02. The Balaban J connectivity index is 1.36. The van der Waals surface area contributed by atoms with Gasteiger partial charge in [-0.05, 0) is 25.1 Å². The molecule has 23 heavy (non-hydrogen) atoms. The molecular formula is C16H16N4O3. The molecule has 0 atom stereocenters. The van der Waals surface area contributed by atoms with Crippen molar-refractivity contribution < 1.29 is 14.2 Å². The molecule has 0 saturated carbocycles. The molecule has 1 aliphatic heterocycles. The third kappa shape index (κ3) is 2.73. The Labute approximate surface area is 132 Å². The monoisotopic (exact) mass is 312 g/mol. The number of anilines is 1. The van der Waals surface area contributed by atoms with Gasteiger partial charge in [0.2, 0.25) is 6.79 Å². The van der Waals surface area contributed by atoms with Crippen molar-refractivity contribution >= 4 is 11.3 Å². The molecule has 3 heterocycles. The summed E-state index contributed by atoms with van der Waals surface area (Å²) in [6, 6.07) is 7.55. The molecule has 0 amide bonds. The van der Waals surface area contributed by atoms with Crippen LogP contribution in [0.2, 0.25) is 0 Å². The van der Waals surface area contributed by atoms with Gasteiger partial charge >= 0.3 is 0 Å². The van der Waals surface area contributed by atoms with Crippen LogP contribution < -0.4 is 19.5 Å². The summed E-state index contributed by atoms with van der Waals surface area (Å²) in [6.07, 6.45) is 3.55. The zero-order valence-corrected chi connectivity index (χ0v) is 12.7. The first-order valence-electron chi connectivity index (χ1n) is 7.37. The van der Waals surface area contributed by atoms with Crippen LogP contribution in [0.3, 0.4) is 0 Å². The highest BCUT2D eigenvalue weighted by Crippen LogP contribution is 2.35. The largest absolute Gasteiger partial charge is 0.492 e. The fraction of sp³-hybridized carbons (Fsp3) is 0.250. The van der Waals surface area contributed by atoms with Gasteiger partial charge in [0.25, 0.3) is 0 Å². The lowest BCUT2D eigenvalue weighted by molar-refractivity contribution is 0.174. The Kier molecular flexibility index (Phi) is 3.38. The maximum atomic E-state index is 5.72. The van der Waals surface area contributed by atoms with Gasteiger partial charge in [-0.3, -0.25) is 0 Å². The molecular weight excluding hydrogens is 296 g/mol. The van der Waals surface area contributed by atoms with Crippen LogP contribution in [-0.2, 0) is 0 Å². The van der Waals surface area contributed by atoms with E-state index >= 15 is 0 Å². The van der Waals surface area contributed by atoms with Crippen molar-refractivity contribution in [1.82, 2.24) is 14.6 Å². The Morgan fingerprint density at radius 2 is 2.17 bits per heavy atom. The van der Waals surface area contributed by atoms with Crippen molar-refractivity contribution in [1.29, 1.82) is 0 Å². The number of aromatic nitrogens is 3. The summed E-state index contributed by atoms with van der Waals surface area (Å²) in [7, 11) is 0. The van der Waals surface area contributed by atoms with Gasteiger partial charge in [0.1, 0.15) is 17.9 Å². The van der Waals surface area contributed by atoms with Gasteiger partial charge in [-0.15, -0.1) is 0 Å². The Bertz CT molecular complexity index is 846. The second-order valence-electron chi connectivity index (χ2n) is 5.18.